The first kappa shape index (κ1) is 15.6. The second-order valence-electron chi connectivity index (χ2n) is 5.87. The van der Waals surface area contributed by atoms with E-state index in [0.717, 1.165) is 22.5 Å². The summed E-state index contributed by atoms with van der Waals surface area (Å²) in [6, 6.07) is 20.0. The Bertz CT molecular complexity index is 1190. The molecule has 0 spiro atoms. The SMILES string of the molecule is [C-]#[N+]c1nc2cc(-c3ccccc3)n(-c3ccc(C)cc3)c2nc1[N+]#[C-]. The molecule has 0 saturated heterocycles. The van der Waals surface area contributed by atoms with Crippen LogP contribution in [-0.2, 0) is 0 Å². The van der Waals surface area contributed by atoms with Crippen LogP contribution < -0.4 is 0 Å². The summed E-state index contributed by atoms with van der Waals surface area (Å²) in [5.74, 6) is 0.0618. The summed E-state index contributed by atoms with van der Waals surface area (Å²) in [5.41, 5.74) is 5.21. The Balaban J connectivity index is 2.10. The first-order valence-electron chi connectivity index (χ1n) is 8.02. The molecular weight excluding hydrogens is 322 g/mol. The quantitative estimate of drug-likeness (QED) is 0.454. The monoisotopic (exact) mass is 335 g/mol. The number of aromatic nitrogens is 3. The lowest BCUT2D eigenvalue weighted by atomic mass is 10.1. The van der Waals surface area contributed by atoms with Gasteiger partial charge in [0.05, 0.1) is 5.69 Å². The van der Waals surface area contributed by atoms with Crippen LogP contribution >= 0.6 is 0 Å². The second-order valence-corrected chi connectivity index (χ2v) is 5.87. The zero-order chi connectivity index (χ0) is 18.1. The van der Waals surface area contributed by atoms with Crippen LogP contribution in [0.3, 0.4) is 0 Å². The molecule has 0 aliphatic carbocycles. The van der Waals surface area contributed by atoms with Crippen LogP contribution in [0.15, 0.2) is 60.7 Å². The van der Waals surface area contributed by atoms with Gasteiger partial charge >= 0.3 is 0 Å². The molecule has 0 radical (unpaired) electrons. The van der Waals surface area contributed by atoms with Gasteiger partial charge in [0.1, 0.15) is 0 Å². The molecule has 26 heavy (non-hydrogen) atoms. The molecule has 2 aromatic carbocycles. The maximum absolute atomic E-state index is 7.31. The van der Waals surface area contributed by atoms with E-state index in [0.29, 0.717) is 11.2 Å². The largest absolute Gasteiger partial charge is 0.370 e. The van der Waals surface area contributed by atoms with Gasteiger partial charge in [-0.25, -0.2) is 0 Å². The lowest BCUT2D eigenvalue weighted by Gasteiger charge is -2.09. The van der Waals surface area contributed by atoms with Gasteiger partial charge in [0, 0.05) is 11.8 Å². The fraction of sp³-hybridized carbons (Fsp3) is 0.0476. The van der Waals surface area contributed by atoms with Crippen molar-refractivity contribution in [1.29, 1.82) is 0 Å². The molecule has 5 nitrogen and oxygen atoms in total. The normalized spacial score (nSPS) is 10.4. The molecule has 2 heterocycles. The molecular formula is C21H13N5. The number of hydrogen-bond donors (Lipinski definition) is 0. The minimum Gasteiger partial charge on any atom is -0.370 e. The standard InChI is InChI=1S/C21H13N5/c1-14-9-11-16(12-10-14)26-18(15-7-5-4-6-8-15)13-17-21(26)25-20(23-3)19(22-2)24-17/h4-13H,1H3. The van der Waals surface area contributed by atoms with Crippen molar-refractivity contribution in [2.75, 3.05) is 0 Å². The van der Waals surface area contributed by atoms with Gasteiger partial charge in [-0.05, 0) is 24.6 Å². The van der Waals surface area contributed by atoms with E-state index in [9.17, 15) is 0 Å². The first-order valence-corrected chi connectivity index (χ1v) is 8.02. The molecule has 122 valence electrons. The molecule has 0 bridgehead atoms. The summed E-state index contributed by atoms with van der Waals surface area (Å²) in [6.07, 6.45) is 0. The summed E-state index contributed by atoms with van der Waals surface area (Å²) in [7, 11) is 0. The maximum Gasteiger partial charge on any atom is 0.295 e. The molecule has 4 aromatic rings. The van der Waals surface area contributed by atoms with E-state index in [1.165, 1.54) is 0 Å². The van der Waals surface area contributed by atoms with E-state index in [1.807, 2.05) is 72.2 Å². The van der Waals surface area contributed by atoms with Crippen LogP contribution in [0.1, 0.15) is 5.56 Å². The van der Waals surface area contributed by atoms with Gasteiger partial charge in [-0.3, -0.25) is 4.57 Å². The minimum atomic E-state index is 0.0265. The average molecular weight is 335 g/mol. The van der Waals surface area contributed by atoms with E-state index in [-0.39, 0.29) is 11.6 Å². The minimum absolute atomic E-state index is 0.0265. The van der Waals surface area contributed by atoms with Crippen LogP contribution in [0.5, 0.6) is 0 Å². The van der Waals surface area contributed by atoms with Gasteiger partial charge in [0.2, 0.25) is 5.52 Å². The molecule has 2 aromatic heterocycles. The van der Waals surface area contributed by atoms with Crippen molar-refractivity contribution in [2.45, 2.75) is 6.92 Å². The number of rotatable bonds is 2. The highest BCUT2D eigenvalue weighted by Gasteiger charge is 2.22. The van der Waals surface area contributed by atoms with Crippen molar-refractivity contribution in [3.8, 4) is 16.9 Å². The van der Waals surface area contributed by atoms with Crippen molar-refractivity contribution in [2.24, 2.45) is 0 Å². The van der Waals surface area contributed by atoms with E-state index in [2.05, 4.69) is 19.7 Å². The zero-order valence-electron chi connectivity index (χ0n) is 14.0. The Kier molecular flexibility index (Phi) is 3.69. The van der Waals surface area contributed by atoms with Crippen LogP contribution in [0.25, 0.3) is 37.8 Å². The molecule has 0 fully saturated rings. The summed E-state index contributed by atoms with van der Waals surface area (Å²) in [5, 5.41) is 0. The number of fused-ring (bicyclic) bond motifs is 1. The lowest BCUT2D eigenvalue weighted by molar-refractivity contribution is 1.10. The molecule has 0 aliphatic heterocycles. The summed E-state index contributed by atoms with van der Waals surface area (Å²) in [4.78, 5) is 15.5. The summed E-state index contributed by atoms with van der Waals surface area (Å²) < 4.78 is 1.99. The fourth-order valence-electron chi connectivity index (χ4n) is 2.92. The lowest BCUT2D eigenvalue weighted by Crippen LogP contribution is -1.98. The third-order valence-electron chi connectivity index (χ3n) is 4.17. The zero-order valence-corrected chi connectivity index (χ0v) is 14.0. The maximum atomic E-state index is 7.31. The summed E-state index contributed by atoms with van der Waals surface area (Å²) >= 11 is 0. The van der Waals surface area contributed by atoms with Crippen LogP contribution in [0.2, 0.25) is 0 Å². The molecule has 5 heteroatoms. The summed E-state index contributed by atoms with van der Waals surface area (Å²) in [6.45, 7) is 16.6. The van der Waals surface area contributed by atoms with Crippen LogP contribution in [0.4, 0.5) is 11.6 Å². The van der Waals surface area contributed by atoms with Crippen molar-refractivity contribution in [1.82, 2.24) is 14.5 Å². The second kappa shape index (κ2) is 6.16. The number of hydrogen-bond acceptors (Lipinski definition) is 2. The molecule has 0 unspecified atom stereocenters. The predicted molar refractivity (Wildman–Crippen MR) is 102 cm³/mol. The van der Waals surface area contributed by atoms with Gasteiger partial charge < -0.3 is 9.69 Å². The van der Waals surface area contributed by atoms with Crippen molar-refractivity contribution in [3.05, 3.63) is 89.1 Å². The van der Waals surface area contributed by atoms with Crippen molar-refractivity contribution < 1.29 is 0 Å². The van der Waals surface area contributed by atoms with Gasteiger partial charge in [0.25, 0.3) is 17.3 Å². The van der Waals surface area contributed by atoms with E-state index in [4.69, 9.17) is 13.1 Å². The third-order valence-corrected chi connectivity index (χ3v) is 4.17. The number of benzene rings is 2. The smallest absolute Gasteiger partial charge is 0.295 e. The third kappa shape index (κ3) is 2.49. The number of aryl methyl sites for hydroxylation is 1. The molecule has 0 aliphatic rings. The Hall–Kier alpha value is -3.96. The highest BCUT2D eigenvalue weighted by Crippen LogP contribution is 2.34. The van der Waals surface area contributed by atoms with Gasteiger partial charge in [-0.2, -0.15) is 0 Å². The fourth-order valence-corrected chi connectivity index (χ4v) is 2.92. The Morgan fingerprint density at radius 1 is 0.846 bits per heavy atom. The van der Waals surface area contributed by atoms with Gasteiger partial charge in [-0.15, -0.1) is 9.97 Å². The first-order chi connectivity index (χ1) is 12.7. The Morgan fingerprint density at radius 3 is 2.15 bits per heavy atom. The van der Waals surface area contributed by atoms with Crippen LogP contribution in [-0.4, -0.2) is 14.5 Å². The number of nitrogens with zero attached hydrogens (tertiary/aromatic N) is 5. The highest BCUT2D eigenvalue weighted by atomic mass is 15.1. The van der Waals surface area contributed by atoms with Crippen molar-refractivity contribution in [3.63, 3.8) is 0 Å². The van der Waals surface area contributed by atoms with E-state index >= 15 is 0 Å². The molecule has 0 N–H and O–H groups in total. The van der Waals surface area contributed by atoms with Gasteiger partial charge in [-0.1, -0.05) is 61.2 Å². The van der Waals surface area contributed by atoms with Crippen LogP contribution in [0, 0.1) is 20.1 Å². The van der Waals surface area contributed by atoms with E-state index in [1.54, 1.807) is 0 Å². The molecule has 0 atom stereocenters. The average Bonchev–Trinajstić information content (AvgIpc) is 3.06. The Labute approximate surface area is 150 Å². The van der Waals surface area contributed by atoms with E-state index < -0.39 is 0 Å². The Morgan fingerprint density at radius 2 is 1.50 bits per heavy atom. The van der Waals surface area contributed by atoms with Crippen molar-refractivity contribution >= 4 is 22.8 Å². The molecule has 0 saturated carbocycles. The highest BCUT2D eigenvalue weighted by molar-refractivity contribution is 5.87. The predicted octanol–water partition coefficient (Wildman–Crippen LogP) is 5.50. The van der Waals surface area contributed by atoms with Gasteiger partial charge in [0.15, 0.2) is 0 Å². The molecule has 0 amide bonds. The topological polar surface area (TPSA) is 39.4 Å². The molecule has 4 rings (SSSR count).